The Labute approximate surface area is 173 Å². The molecule has 0 aliphatic heterocycles. The molecule has 0 saturated heterocycles. The van der Waals surface area contributed by atoms with Gasteiger partial charge in [-0.1, -0.05) is 23.7 Å². The Morgan fingerprint density at radius 3 is 2.55 bits per heavy atom. The van der Waals surface area contributed by atoms with E-state index in [9.17, 15) is 14.9 Å². The zero-order valence-corrected chi connectivity index (χ0v) is 16.7. The van der Waals surface area contributed by atoms with E-state index in [0.29, 0.717) is 35.2 Å². The summed E-state index contributed by atoms with van der Waals surface area (Å²) in [6.07, 6.45) is 1.33. The summed E-state index contributed by atoms with van der Waals surface area (Å²) >= 11 is 5.94. The van der Waals surface area contributed by atoms with Crippen molar-refractivity contribution >= 4 is 29.2 Å². The standard InChI is InChI=1S/C21H20ClN3O4/c1-3-29-21(27)15-6-4-14(5-7-15)12-24-13-16(11-23)20(26)25-18-10-17(22)8-9-19(18)28-2/h4-10,13,24H,3,12H2,1-2H3,(H,25,26)/b16-13-. The first-order valence-electron chi connectivity index (χ1n) is 8.73. The third-order valence-electron chi connectivity index (χ3n) is 3.79. The Balaban J connectivity index is 2.00. The highest BCUT2D eigenvalue weighted by Crippen LogP contribution is 2.27. The van der Waals surface area contributed by atoms with Crippen LogP contribution in [0, 0.1) is 11.3 Å². The number of amides is 1. The molecule has 0 aromatic heterocycles. The summed E-state index contributed by atoms with van der Waals surface area (Å²) in [7, 11) is 1.47. The van der Waals surface area contributed by atoms with Crippen LogP contribution in [0.4, 0.5) is 5.69 Å². The SMILES string of the molecule is CCOC(=O)c1ccc(CN/C=C(/C#N)C(=O)Nc2cc(Cl)ccc2OC)cc1. The second-order valence-electron chi connectivity index (χ2n) is 5.77. The number of nitrogens with zero attached hydrogens (tertiary/aromatic N) is 1. The van der Waals surface area contributed by atoms with Crippen molar-refractivity contribution in [3.05, 3.63) is 70.4 Å². The summed E-state index contributed by atoms with van der Waals surface area (Å²) in [6, 6.07) is 13.5. The Bertz CT molecular complexity index is 949. The normalized spacial score (nSPS) is 10.6. The third-order valence-corrected chi connectivity index (χ3v) is 4.03. The minimum Gasteiger partial charge on any atom is -0.495 e. The summed E-state index contributed by atoms with van der Waals surface area (Å²) in [6.45, 7) is 2.42. The van der Waals surface area contributed by atoms with Gasteiger partial charge in [0.25, 0.3) is 5.91 Å². The molecule has 2 aromatic carbocycles. The summed E-state index contributed by atoms with van der Waals surface area (Å²) in [5.74, 6) is -0.556. The van der Waals surface area contributed by atoms with Crippen LogP contribution in [0.3, 0.4) is 0 Å². The van der Waals surface area contributed by atoms with E-state index >= 15 is 0 Å². The van der Waals surface area contributed by atoms with E-state index in [2.05, 4.69) is 10.6 Å². The van der Waals surface area contributed by atoms with Crippen LogP contribution in [0.5, 0.6) is 5.75 Å². The van der Waals surface area contributed by atoms with Crippen molar-refractivity contribution in [1.29, 1.82) is 5.26 Å². The van der Waals surface area contributed by atoms with E-state index in [1.54, 1.807) is 43.3 Å². The molecule has 0 bridgehead atoms. The summed E-state index contributed by atoms with van der Waals surface area (Å²) in [5, 5.41) is 15.2. The molecule has 2 N–H and O–H groups in total. The second-order valence-corrected chi connectivity index (χ2v) is 6.20. The van der Waals surface area contributed by atoms with Crippen molar-refractivity contribution in [3.63, 3.8) is 0 Å². The van der Waals surface area contributed by atoms with Crippen LogP contribution in [0.15, 0.2) is 54.2 Å². The minimum atomic E-state index is -0.599. The highest BCUT2D eigenvalue weighted by Gasteiger charge is 2.13. The maximum absolute atomic E-state index is 12.4. The first-order chi connectivity index (χ1) is 14.0. The van der Waals surface area contributed by atoms with Crippen molar-refractivity contribution in [2.75, 3.05) is 19.0 Å². The van der Waals surface area contributed by atoms with Crippen LogP contribution in [0.25, 0.3) is 0 Å². The van der Waals surface area contributed by atoms with Gasteiger partial charge < -0.3 is 20.1 Å². The molecule has 0 fully saturated rings. The molecule has 0 unspecified atom stereocenters. The molecule has 150 valence electrons. The Morgan fingerprint density at radius 1 is 1.21 bits per heavy atom. The molecule has 0 spiro atoms. The topological polar surface area (TPSA) is 100 Å². The number of hydrogen-bond acceptors (Lipinski definition) is 6. The van der Waals surface area contributed by atoms with E-state index < -0.39 is 5.91 Å². The molecule has 29 heavy (non-hydrogen) atoms. The van der Waals surface area contributed by atoms with Gasteiger partial charge in [0, 0.05) is 17.8 Å². The molecule has 0 aliphatic rings. The van der Waals surface area contributed by atoms with E-state index in [0.717, 1.165) is 5.56 Å². The monoisotopic (exact) mass is 413 g/mol. The number of hydrogen-bond donors (Lipinski definition) is 2. The summed E-state index contributed by atoms with van der Waals surface area (Å²) in [5.41, 5.74) is 1.57. The lowest BCUT2D eigenvalue weighted by Gasteiger charge is -2.10. The lowest BCUT2D eigenvalue weighted by atomic mass is 10.1. The molecule has 1 amide bonds. The lowest BCUT2D eigenvalue weighted by molar-refractivity contribution is -0.112. The van der Waals surface area contributed by atoms with Gasteiger partial charge in [0.15, 0.2) is 0 Å². The van der Waals surface area contributed by atoms with Crippen molar-refractivity contribution in [1.82, 2.24) is 5.32 Å². The molecule has 0 atom stereocenters. The highest BCUT2D eigenvalue weighted by molar-refractivity contribution is 6.31. The Kier molecular flexibility index (Phi) is 8.07. The van der Waals surface area contributed by atoms with E-state index in [-0.39, 0.29) is 11.5 Å². The number of nitriles is 1. The quantitative estimate of drug-likeness (QED) is 0.389. The van der Waals surface area contributed by atoms with Crippen molar-refractivity contribution in [2.45, 2.75) is 13.5 Å². The number of anilines is 1. The number of carbonyl (C=O) groups is 2. The predicted octanol–water partition coefficient (Wildman–Crippen LogP) is 3.66. The number of esters is 1. The van der Waals surface area contributed by atoms with Gasteiger partial charge in [0.05, 0.1) is 25.0 Å². The molecule has 0 heterocycles. The first-order valence-corrected chi connectivity index (χ1v) is 9.10. The van der Waals surface area contributed by atoms with Crippen LogP contribution in [0.2, 0.25) is 5.02 Å². The number of halogens is 1. The zero-order valence-electron chi connectivity index (χ0n) is 16.0. The van der Waals surface area contributed by atoms with Gasteiger partial charge >= 0.3 is 5.97 Å². The smallest absolute Gasteiger partial charge is 0.338 e. The van der Waals surface area contributed by atoms with Gasteiger partial charge in [-0.05, 0) is 42.8 Å². The zero-order chi connectivity index (χ0) is 21.2. The van der Waals surface area contributed by atoms with Gasteiger partial charge in [-0.3, -0.25) is 4.79 Å². The predicted molar refractivity (Wildman–Crippen MR) is 110 cm³/mol. The van der Waals surface area contributed by atoms with Gasteiger partial charge in [-0.2, -0.15) is 5.26 Å². The number of methoxy groups -OCH3 is 1. The van der Waals surface area contributed by atoms with Crippen LogP contribution < -0.4 is 15.4 Å². The minimum absolute atomic E-state index is 0.116. The van der Waals surface area contributed by atoms with Crippen molar-refractivity contribution < 1.29 is 19.1 Å². The largest absolute Gasteiger partial charge is 0.495 e. The van der Waals surface area contributed by atoms with Gasteiger partial charge in [-0.25, -0.2) is 4.79 Å². The fraction of sp³-hybridized carbons (Fsp3) is 0.190. The third kappa shape index (κ3) is 6.26. The molecule has 2 aromatic rings. The molecule has 2 rings (SSSR count). The number of benzene rings is 2. The van der Waals surface area contributed by atoms with E-state index in [4.69, 9.17) is 21.1 Å². The van der Waals surface area contributed by atoms with Crippen LogP contribution in [0.1, 0.15) is 22.8 Å². The first kappa shape index (κ1) is 21.8. The summed E-state index contributed by atoms with van der Waals surface area (Å²) in [4.78, 5) is 24.0. The molecule has 7 nitrogen and oxygen atoms in total. The number of carbonyl (C=O) groups excluding carboxylic acids is 2. The molecular formula is C21H20ClN3O4. The maximum atomic E-state index is 12.4. The molecule has 8 heteroatoms. The Morgan fingerprint density at radius 2 is 1.93 bits per heavy atom. The highest BCUT2D eigenvalue weighted by atomic mass is 35.5. The van der Waals surface area contributed by atoms with Crippen LogP contribution >= 0.6 is 11.6 Å². The average molecular weight is 414 g/mol. The average Bonchev–Trinajstić information content (AvgIpc) is 2.72. The fourth-order valence-electron chi connectivity index (χ4n) is 2.36. The van der Waals surface area contributed by atoms with Crippen molar-refractivity contribution in [2.24, 2.45) is 0 Å². The van der Waals surface area contributed by atoms with Gasteiger partial charge in [0.2, 0.25) is 0 Å². The number of ether oxygens (including phenoxy) is 2. The van der Waals surface area contributed by atoms with E-state index in [1.165, 1.54) is 19.4 Å². The maximum Gasteiger partial charge on any atom is 0.338 e. The van der Waals surface area contributed by atoms with E-state index in [1.807, 2.05) is 6.07 Å². The number of nitrogens with one attached hydrogen (secondary N) is 2. The van der Waals surface area contributed by atoms with Crippen LogP contribution in [-0.2, 0) is 16.1 Å². The number of rotatable bonds is 8. The molecule has 0 aliphatic carbocycles. The van der Waals surface area contributed by atoms with Crippen molar-refractivity contribution in [3.8, 4) is 11.8 Å². The fourth-order valence-corrected chi connectivity index (χ4v) is 2.53. The van der Waals surface area contributed by atoms with Gasteiger partial charge in [0.1, 0.15) is 17.4 Å². The molecule has 0 saturated carbocycles. The Hall–Kier alpha value is -3.50. The second kappa shape index (κ2) is 10.7. The van der Waals surface area contributed by atoms with Gasteiger partial charge in [-0.15, -0.1) is 0 Å². The van der Waals surface area contributed by atoms with Crippen LogP contribution in [-0.4, -0.2) is 25.6 Å². The molecule has 0 radical (unpaired) electrons. The molecular weight excluding hydrogens is 394 g/mol. The summed E-state index contributed by atoms with van der Waals surface area (Å²) < 4.78 is 10.1. The lowest BCUT2D eigenvalue weighted by Crippen LogP contribution is -2.17.